The van der Waals surface area contributed by atoms with Crippen LogP contribution in [0.25, 0.3) is 0 Å². The summed E-state index contributed by atoms with van der Waals surface area (Å²) in [7, 11) is 3.09. The lowest BCUT2D eigenvalue weighted by Crippen LogP contribution is -2.47. The number of nitrogens with zero attached hydrogens (tertiary/aromatic N) is 1. The van der Waals surface area contributed by atoms with E-state index >= 15 is 0 Å². The van der Waals surface area contributed by atoms with Crippen LogP contribution in [0.2, 0.25) is 0 Å². The topological polar surface area (TPSA) is 77.1 Å². The maximum absolute atomic E-state index is 12.7. The Balaban J connectivity index is 1.94. The largest absolute Gasteiger partial charge is 0.493 e. The lowest BCUT2D eigenvalue weighted by Gasteiger charge is -2.34. The van der Waals surface area contributed by atoms with Crippen molar-refractivity contribution >= 4 is 23.6 Å². The monoisotopic (exact) mass is 444 g/mol. The van der Waals surface area contributed by atoms with Gasteiger partial charge in [0, 0.05) is 12.7 Å². The Morgan fingerprint density at radius 1 is 1.16 bits per heavy atom. The van der Waals surface area contributed by atoms with Crippen molar-refractivity contribution in [3.8, 4) is 11.5 Å². The van der Waals surface area contributed by atoms with Gasteiger partial charge < -0.3 is 19.5 Å². The first-order valence-corrected chi connectivity index (χ1v) is 10.4. The Hall–Kier alpha value is -3.19. The molecule has 0 saturated carbocycles. The van der Waals surface area contributed by atoms with Crippen molar-refractivity contribution in [1.29, 1.82) is 0 Å². The van der Waals surface area contributed by atoms with Gasteiger partial charge in [-0.15, -0.1) is 11.6 Å². The molecule has 0 bridgehead atoms. The Morgan fingerprint density at radius 2 is 1.90 bits per heavy atom. The summed E-state index contributed by atoms with van der Waals surface area (Å²) in [6.07, 6.45) is 0. The minimum atomic E-state index is -0.728. The predicted molar refractivity (Wildman–Crippen MR) is 117 cm³/mol. The van der Waals surface area contributed by atoms with Crippen LogP contribution in [0.5, 0.6) is 11.5 Å². The number of allylic oxidation sites excluding steroid dienone is 1. The average Bonchev–Trinajstić information content (AvgIpc) is 2.79. The molecule has 31 heavy (non-hydrogen) atoms. The highest BCUT2D eigenvalue weighted by atomic mass is 35.5. The van der Waals surface area contributed by atoms with E-state index in [0.29, 0.717) is 34.9 Å². The van der Waals surface area contributed by atoms with Gasteiger partial charge in [-0.3, -0.25) is 4.90 Å². The summed E-state index contributed by atoms with van der Waals surface area (Å²) in [4.78, 5) is 26.5. The van der Waals surface area contributed by atoms with Crippen LogP contribution in [0.1, 0.15) is 24.1 Å². The second kappa shape index (κ2) is 10.2. The molecule has 0 aliphatic carbocycles. The Bertz CT molecular complexity index is 977. The molecule has 2 amide bonds. The van der Waals surface area contributed by atoms with Gasteiger partial charge in [-0.25, -0.2) is 9.59 Å². The number of urea groups is 1. The third kappa shape index (κ3) is 4.94. The Kier molecular flexibility index (Phi) is 7.41. The van der Waals surface area contributed by atoms with E-state index in [2.05, 4.69) is 5.32 Å². The molecule has 1 aliphatic heterocycles. The first-order chi connectivity index (χ1) is 15.0. The highest BCUT2D eigenvalue weighted by Gasteiger charge is 2.36. The number of alkyl halides is 1. The van der Waals surface area contributed by atoms with Gasteiger partial charge in [-0.2, -0.15) is 0 Å². The van der Waals surface area contributed by atoms with Crippen LogP contribution in [0.4, 0.5) is 4.79 Å². The highest BCUT2D eigenvalue weighted by Crippen LogP contribution is 2.36. The minimum Gasteiger partial charge on any atom is -0.493 e. The molecule has 2 aromatic rings. The molecule has 1 unspecified atom stereocenters. The van der Waals surface area contributed by atoms with Crippen molar-refractivity contribution < 1.29 is 23.8 Å². The molecule has 0 spiro atoms. The number of hydrogen-bond acceptors (Lipinski definition) is 5. The zero-order chi connectivity index (χ0) is 22.4. The van der Waals surface area contributed by atoms with E-state index in [4.69, 9.17) is 25.8 Å². The van der Waals surface area contributed by atoms with Crippen LogP contribution in [-0.4, -0.2) is 43.5 Å². The van der Waals surface area contributed by atoms with Gasteiger partial charge in [0.05, 0.1) is 31.2 Å². The summed E-state index contributed by atoms with van der Waals surface area (Å²) in [5.41, 5.74) is 2.36. The first kappa shape index (κ1) is 22.5. The number of benzene rings is 2. The third-order valence-electron chi connectivity index (χ3n) is 4.96. The van der Waals surface area contributed by atoms with Crippen LogP contribution in [0.15, 0.2) is 59.8 Å². The summed E-state index contributed by atoms with van der Waals surface area (Å²) < 4.78 is 16.6. The van der Waals surface area contributed by atoms with Crippen LogP contribution >= 0.6 is 11.6 Å². The minimum absolute atomic E-state index is 0.00995. The molecular formula is C23H25ClN2O5. The smallest absolute Gasteiger partial charge is 0.338 e. The molecule has 0 aromatic heterocycles. The van der Waals surface area contributed by atoms with Gasteiger partial charge in [-0.05, 0) is 30.2 Å². The summed E-state index contributed by atoms with van der Waals surface area (Å²) in [5, 5.41) is 2.84. The van der Waals surface area contributed by atoms with E-state index in [1.165, 1.54) is 12.0 Å². The standard InChI is InChI=1S/C23H25ClN2O5/c1-4-30-22(27)20-17(13-24)26(2)23(28)25-21(20)16-10-11-18(19(12-16)29-3)31-14-15-8-6-5-7-9-15/h5-12,21H,4,13-14H2,1-3H3,(H,25,28). The van der Waals surface area contributed by atoms with E-state index in [9.17, 15) is 9.59 Å². The molecule has 1 N–H and O–H groups in total. The van der Waals surface area contributed by atoms with Crippen molar-refractivity contribution in [2.75, 3.05) is 26.6 Å². The van der Waals surface area contributed by atoms with E-state index in [0.717, 1.165) is 5.56 Å². The Morgan fingerprint density at radius 3 is 2.55 bits per heavy atom. The highest BCUT2D eigenvalue weighted by molar-refractivity contribution is 6.20. The maximum Gasteiger partial charge on any atom is 0.338 e. The van der Waals surface area contributed by atoms with Gasteiger partial charge in [0.25, 0.3) is 0 Å². The van der Waals surface area contributed by atoms with E-state index < -0.39 is 12.0 Å². The molecule has 0 saturated heterocycles. The number of nitrogens with one attached hydrogen (secondary N) is 1. The molecule has 7 nitrogen and oxygen atoms in total. The van der Waals surface area contributed by atoms with Crippen molar-refractivity contribution in [2.24, 2.45) is 0 Å². The van der Waals surface area contributed by atoms with Gasteiger partial charge in [0.2, 0.25) is 0 Å². The number of esters is 1. The van der Waals surface area contributed by atoms with Crippen molar-refractivity contribution in [2.45, 2.75) is 19.6 Å². The zero-order valence-electron chi connectivity index (χ0n) is 17.7. The molecule has 0 radical (unpaired) electrons. The van der Waals surface area contributed by atoms with Crippen LogP contribution in [-0.2, 0) is 16.1 Å². The lowest BCUT2D eigenvalue weighted by atomic mass is 9.94. The SMILES string of the molecule is CCOC(=O)C1=C(CCl)N(C)C(=O)NC1c1ccc(OCc2ccccc2)c(OC)c1. The van der Waals surface area contributed by atoms with Gasteiger partial charge in [0.1, 0.15) is 6.61 Å². The number of methoxy groups -OCH3 is 1. The van der Waals surface area contributed by atoms with Crippen molar-refractivity contribution in [3.05, 3.63) is 70.9 Å². The molecule has 2 aromatic carbocycles. The second-order valence-corrected chi connectivity index (χ2v) is 7.11. The van der Waals surface area contributed by atoms with E-state index in [1.54, 1.807) is 32.2 Å². The number of ether oxygens (including phenoxy) is 3. The number of hydrogen-bond donors (Lipinski definition) is 1. The van der Waals surface area contributed by atoms with Crippen LogP contribution < -0.4 is 14.8 Å². The molecule has 3 rings (SSSR count). The number of halogens is 1. The number of amides is 2. The molecule has 0 fully saturated rings. The van der Waals surface area contributed by atoms with Crippen LogP contribution in [0, 0.1) is 0 Å². The van der Waals surface area contributed by atoms with E-state index in [-0.39, 0.29) is 18.5 Å². The quantitative estimate of drug-likeness (QED) is 0.491. The molecule has 1 aliphatic rings. The van der Waals surface area contributed by atoms with Crippen molar-refractivity contribution in [3.63, 3.8) is 0 Å². The third-order valence-corrected chi connectivity index (χ3v) is 5.21. The van der Waals surface area contributed by atoms with Gasteiger partial charge in [0.15, 0.2) is 11.5 Å². The summed E-state index contributed by atoms with van der Waals surface area (Å²) in [6.45, 7) is 2.31. The zero-order valence-corrected chi connectivity index (χ0v) is 18.4. The molecule has 8 heteroatoms. The summed E-state index contributed by atoms with van der Waals surface area (Å²) in [5.74, 6) is 0.494. The molecule has 1 atom stereocenters. The van der Waals surface area contributed by atoms with Gasteiger partial charge in [-0.1, -0.05) is 36.4 Å². The fourth-order valence-corrected chi connectivity index (χ4v) is 3.66. The van der Waals surface area contributed by atoms with Crippen molar-refractivity contribution in [1.82, 2.24) is 10.2 Å². The average molecular weight is 445 g/mol. The predicted octanol–water partition coefficient (Wildman–Crippen LogP) is 4.03. The number of carbonyl (C=O) groups is 2. The normalized spacial score (nSPS) is 16.1. The maximum atomic E-state index is 12.7. The second-order valence-electron chi connectivity index (χ2n) is 6.84. The fourth-order valence-electron chi connectivity index (χ4n) is 3.34. The number of carbonyl (C=O) groups excluding carboxylic acids is 2. The first-order valence-electron chi connectivity index (χ1n) is 9.85. The summed E-state index contributed by atoms with van der Waals surface area (Å²) in [6, 6.07) is 14.0. The molecular weight excluding hydrogens is 420 g/mol. The molecule has 1 heterocycles. The van der Waals surface area contributed by atoms with Crippen LogP contribution in [0.3, 0.4) is 0 Å². The summed E-state index contributed by atoms with van der Waals surface area (Å²) >= 11 is 6.08. The van der Waals surface area contributed by atoms with E-state index in [1.807, 2.05) is 30.3 Å². The molecule has 164 valence electrons. The number of rotatable bonds is 8. The fraction of sp³-hybridized carbons (Fsp3) is 0.304. The lowest BCUT2D eigenvalue weighted by molar-refractivity contribution is -0.139. The van der Waals surface area contributed by atoms with Gasteiger partial charge >= 0.3 is 12.0 Å². The Labute approximate surface area is 186 Å².